The molecule has 0 saturated carbocycles. The first-order valence-electron chi connectivity index (χ1n) is 6.54. The van der Waals surface area contributed by atoms with Gasteiger partial charge in [0.15, 0.2) is 0 Å². The van der Waals surface area contributed by atoms with E-state index in [1.54, 1.807) is 34.6 Å². The van der Waals surface area contributed by atoms with Crippen LogP contribution in [0.2, 0.25) is 0 Å². The highest BCUT2D eigenvalue weighted by Gasteiger charge is 2.70. The highest BCUT2D eigenvalue weighted by Crippen LogP contribution is 2.36. The van der Waals surface area contributed by atoms with E-state index in [2.05, 4.69) is 0 Å². The minimum atomic E-state index is -1.69. The summed E-state index contributed by atoms with van der Waals surface area (Å²) in [5.41, 5.74) is -2.40. The number of carbonyl (C=O) groups is 3. The topological polar surface area (TPSA) is 81.9 Å². The highest BCUT2D eigenvalue weighted by atomic mass is 16.6. The van der Waals surface area contributed by atoms with Gasteiger partial charge in [-0.15, -0.1) is 0 Å². The second-order valence-electron chi connectivity index (χ2n) is 5.37. The third-order valence-electron chi connectivity index (χ3n) is 2.58. The monoisotopic (exact) mass is 287 g/mol. The van der Waals surface area contributed by atoms with E-state index in [9.17, 15) is 14.4 Å². The Morgan fingerprint density at radius 3 is 1.85 bits per heavy atom. The van der Waals surface area contributed by atoms with Crippen molar-refractivity contribution >= 4 is 18.0 Å². The first-order chi connectivity index (χ1) is 9.19. The third-order valence-corrected chi connectivity index (χ3v) is 2.58. The molecule has 0 unspecified atom stereocenters. The van der Waals surface area contributed by atoms with E-state index in [1.807, 2.05) is 0 Å². The van der Waals surface area contributed by atoms with Crippen molar-refractivity contribution in [1.29, 1.82) is 0 Å². The minimum absolute atomic E-state index is 0.0837. The molecule has 0 atom stereocenters. The molecule has 7 heteroatoms. The molecule has 1 aliphatic heterocycles. The van der Waals surface area contributed by atoms with Crippen LogP contribution in [-0.4, -0.2) is 53.8 Å². The zero-order chi connectivity index (χ0) is 15.6. The molecule has 0 bridgehead atoms. The number of ether oxygens (including phenoxy) is 3. The van der Waals surface area contributed by atoms with Gasteiger partial charge in [-0.25, -0.2) is 14.4 Å². The maximum absolute atomic E-state index is 12.0. The van der Waals surface area contributed by atoms with Crippen LogP contribution >= 0.6 is 0 Å². The Kier molecular flexibility index (Phi) is 4.62. The molecule has 0 aromatic heterocycles. The molecule has 114 valence electrons. The predicted octanol–water partition coefficient (Wildman–Crippen LogP) is 1.10. The van der Waals surface area contributed by atoms with Gasteiger partial charge in [0.05, 0.1) is 19.8 Å². The van der Waals surface area contributed by atoms with E-state index < -0.39 is 29.2 Å². The van der Waals surface area contributed by atoms with Gasteiger partial charge in [-0.05, 0) is 34.6 Å². The van der Waals surface area contributed by atoms with Crippen LogP contribution < -0.4 is 0 Å². The van der Waals surface area contributed by atoms with Gasteiger partial charge >= 0.3 is 18.0 Å². The lowest BCUT2D eigenvalue weighted by Crippen LogP contribution is -2.43. The van der Waals surface area contributed by atoms with E-state index in [0.717, 1.165) is 4.90 Å². The Morgan fingerprint density at radius 2 is 1.50 bits per heavy atom. The van der Waals surface area contributed by atoms with Crippen LogP contribution in [0.15, 0.2) is 0 Å². The molecule has 0 aliphatic carbocycles. The predicted molar refractivity (Wildman–Crippen MR) is 68.9 cm³/mol. The number of hydrogen-bond acceptors (Lipinski definition) is 6. The van der Waals surface area contributed by atoms with Crippen molar-refractivity contribution in [1.82, 2.24) is 4.90 Å². The molecule has 0 spiro atoms. The molecule has 1 rings (SSSR count). The molecule has 0 N–H and O–H groups in total. The van der Waals surface area contributed by atoms with Crippen molar-refractivity contribution in [2.45, 2.75) is 45.8 Å². The highest BCUT2D eigenvalue weighted by molar-refractivity contribution is 6.12. The molecular formula is C13H21NO6. The SMILES string of the molecule is CCOC(=O)C1(C(=O)OCC)CN1C(=O)OC(C)(C)C. The Morgan fingerprint density at radius 1 is 1.05 bits per heavy atom. The molecular weight excluding hydrogens is 266 g/mol. The summed E-state index contributed by atoms with van der Waals surface area (Å²) in [6, 6.07) is 0. The number of amides is 1. The van der Waals surface area contributed by atoms with Gasteiger partial charge in [0.1, 0.15) is 5.60 Å². The van der Waals surface area contributed by atoms with Gasteiger partial charge in [0, 0.05) is 0 Å². The zero-order valence-electron chi connectivity index (χ0n) is 12.5. The Hall–Kier alpha value is -1.79. The molecule has 1 saturated heterocycles. The van der Waals surface area contributed by atoms with E-state index in [1.165, 1.54) is 0 Å². The quantitative estimate of drug-likeness (QED) is 0.333. The first kappa shape index (κ1) is 16.3. The maximum atomic E-state index is 12.0. The molecule has 20 heavy (non-hydrogen) atoms. The lowest BCUT2D eigenvalue weighted by Gasteiger charge is -2.21. The molecule has 1 fully saturated rings. The van der Waals surface area contributed by atoms with Crippen LogP contribution in [0, 0.1) is 0 Å². The van der Waals surface area contributed by atoms with E-state index in [4.69, 9.17) is 14.2 Å². The van der Waals surface area contributed by atoms with Gasteiger partial charge in [0.25, 0.3) is 5.54 Å². The van der Waals surface area contributed by atoms with Gasteiger partial charge in [-0.3, -0.25) is 4.90 Å². The van der Waals surface area contributed by atoms with Crippen molar-refractivity contribution in [3.05, 3.63) is 0 Å². The number of hydrogen-bond donors (Lipinski definition) is 0. The van der Waals surface area contributed by atoms with Crippen molar-refractivity contribution < 1.29 is 28.6 Å². The van der Waals surface area contributed by atoms with Crippen molar-refractivity contribution in [2.75, 3.05) is 19.8 Å². The fourth-order valence-corrected chi connectivity index (χ4v) is 1.66. The smallest absolute Gasteiger partial charge is 0.411 e. The average Bonchev–Trinajstić information content (AvgIpc) is 3.04. The van der Waals surface area contributed by atoms with Crippen LogP contribution in [0.1, 0.15) is 34.6 Å². The summed E-state index contributed by atoms with van der Waals surface area (Å²) in [6.07, 6.45) is -0.737. The summed E-state index contributed by atoms with van der Waals surface area (Å²) in [5.74, 6) is -1.58. The van der Waals surface area contributed by atoms with E-state index in [-0.39, 0.29) is 19.8 Å². The summed E-state index contributed by atoms with van der Waals surface area (Å²) < 4.78 is 14.9. The maximum Gasteiger partial charge on any atom is 0.411 e. The third kappa shape index (κ3) is 3.20. The molecule has 7 nitrogen and oxygen atoms in total. The van der Waals surface area contributed by atoms with Crippen molar-refractivity contribution in [2.24, 2.45) is 0 Å². The Labute approximate surface area is 118 Å². The summed E-state index contributed by atoms with van der Waals surface area (Å²) >= 11 is 0. The van der Waals surface area contributed by atoms with Crippen LogP contribution in [0.3, 0.4) is 0 Å². The standard InChI is InChI=1S/C13H21NO6/c1-6-18-9(15)13(10(16)19-7-2)8-14(13)11(17)20-12(3,4)5/h6-8H2,1-5H3. The van der Waals surface area contributed by atoms with Gasteiger partial charge in [-0.1, -0.05) is 0 Å². The normalized spacial score (nSPS) is 16.4. The number of rotatable bonds is 4. The van der Waals surface area contributed by atoms with Crippen molar-refractivity contribution in [3.63, 3.8) is 0 Å². The fraction of sp³-hybridized carbons (Fsp3) is 0.769. The molecule has 0 radical (unpaired) electrons. The number of carbonyl (C=O) groups excluding carboxylic acids is 3. The Bertz CT molecular complexity index is 394. The summed E-state index contributed by atoms with van der Waals surface area (Å²) in [6.45, 7) is 8.48. The molecule has 0 aromatic carbocycles. The summed E-state index contributed by atoms with van der Waals surface area (Å²) in [7, 11) is 0. The minimum Gasteiger partial charge on any atom is -0.464 e. The summed E-state index contributed by atoms with van der Waals surface area (Å²) in [4.78, 5) is 36.9. The first-order valence-corrected chi connectivity index (χ1v) is 6.54. The number of nitrogens with zero attached hydrogens (tertiary/aromatic N) is 1. The van der Waals surface area contributed by atoms with E-state index in [0.29, 0.717) is 0 Å². The lowest BCUT2D eigenvalue weighted by molar-refractivity contribution is -0.160. The second-order valence-corrected chi connectivity index (χ2v) is 5.37. The zero-order valence-corrected chi connectivity index (χ0v) is 12.5. The van der Waals surface area contributed by atoms with Crippen LogP contribution in [0.5, 0.6) is 0 Å². The van der Waals surface area contributed by atoms with Gasteiger partial charge < -0.3 is 14.2 Å². The van der Waals surface area contributed by atoms with Gasteiger partial charge in [0.2, 0.25) is 0 Å². The van der Waals surface area contributed by atoms with E-state index >= 15 is 0 Å². The van der Waals surface area contributed by atoms with Crippen LogP contribution in [-0.2, 0) is 23.8 Å². The second kappa shape index (κ2) is 5.68. The fourth-order valence-electron chi connectivity index (χ4n) is 1.66. The lowest BCUT2D eigenvalue weighted by atomic mass is 10.1. The molecule has 1 heterocycles. The average molecular weight is 287 g/mol. The molecule has 0 aromatic rings. The Balaban J connectivity index is 2.87. The van der Waals surface area contributed by atoms with Crippen LogP contribution in [0.25, 0.3) is 0 Å². The summed E-state index contributed by atoms with van der Waals surface area (Å²) in [5, 5.41) is 0. The molecule has 1 amide bonds. The van der Waals surface area contributed by atoms with Gasteiger partial charge in [-0.2, -0.15) is 0 Å². The largest absolute Gasteiger partial charge is 0.464 e. The molecule has 1 aliphatic rings. The number of esters is 2. The van der Waals surface area contributed by atoms with Crippen molar-refractivity contribution in [3.8, 4) is 0 Å². The van der Waals surface area contributed by atoms with Crippen LogP contribution in [0.4, 0.5) is 4.79 Å².